The van der Waals surface area contributed by atoms with Crippen LogP contribution in [0.5, 0.6) is 0 Å². The highest BCUT2D eigenvalue weighted by Crippen LogP contribution is 2.40. The molecule has 0 atom stereocenters. The van der Waals surface area contributed by atoms with Crippen molar-refractivity contribution < 1.29 is 0 Å². The summed E-state index contributed by atoms with van der Waals surface area (Å²) in [6, 6.07) is 34.5. The lowest BCUT2D eigenvalue weighted by Crippen LogP contribution is -1.98. The Bertz CT molecular complexity index is 1810. The van der Waals surface area contributed by atoms with Crippen molar-refractivity contribution in [3.8, 4) is 22.5 Å². The number of hydrogen-bond donors (Lipinski definition) is 0. The maximum atomic E-state index is 5.08. The third kappa shape index (κ3) is 3.78. The molecule has 2 heteroatoms. The Hall–Kier alpha value is -4.69. The summed E-state index contributed by atoms with van der Waals surface area (Å²) in [7, 11) is 0. The van der Waals surface area contributed by atoms with Crippen LogP contribution in [0, 0.1) is 6.92 Å². The van der Waals surface area contributed by atoms with Gasteiger partial charge in [-0.1, -0.05) is 97.6 Å². The first-order valence-corrected chi connectivity index (χ1v) is 12.7. The molecule has 0 aliphatic carbocycles. The molecule has 0 saturated carbocycles. The second-order valence-corrected chi connectivity index (χ2v) is 9.25. The van der Waals surface area contributed by atoms with E-state index < -0.39 is 0 Å². The van der Waals surface area contributed by atoms with Gasteiger partial charge in [0.2, 0.25) is 0 Å². The normalized spacial score (nSPS) is 12.2. The molecule has 0 unspecified atom stereocenters. The molecule has 0 aliphatic rings. The van der Waals surface area contributed by atoms with Crippen molar-refractivity contribution in [2.24, 2.45) is 0 Å². The number of hydrogen-bond acceptors (Lipinski definition) is 1. The summed E-state index contributed by atoms with van der Waals surface area (Å²) < 4.78 is 2.20. The van der Waals surface area contributed by atoms with Crippen LogP contribution in [-0.2, 0) is 0 Å². The Labute approximate surface area is 217 Å². The Balaban J connectivity index is 1.65. The topological polar surface area (TPSA) is 17.8 Å². The molecule has 1 aromatic heterocycles. The van der Waals surface area contributed by atoms with Crippen LogP contribution >= 0.6 is 0 Å². The van der Waals surface area contributed by atoms with Crippen LogP contribution in [0.25, 0.3) is 60.8 Å². The molecule has 6 rings (SSSR count). The van der Waals surface area contributed by atoms with E-state index in [9.17, 15) is 0 Å². The number of benzene rings is 5. The van der Waals surface area contributed by atoms with E-state index in [1.165, 1.54) is 38.2 Å². The Morgan fingerprint density at radius 2 is 1.38 bits per heavy atom. The fourth-order valence-electron chi connectivity index (χ4n) is 5.38. The molecule has 0 amide bonds. The highest BCUT2D eigenvalue weighted by molar-refractivity contribution is 6.15. The van der Waals surface area contributed by atoms with Gasteiger partial charge in [-0.05, 0) is 82.4 Å². The van der Waals surface area contributed by atoms with Crippen molar-refractivity contribution in [1.29, 1.82) is 0 Å². The first-order valence-electron chi connectivity index (χ1n) is 12.7. The molecule has 0 saturated heterocycles. The molecule has 0 spiro atoms. The molecule has 0 radical (unpaired) electrons. The number of rotatable bonds is 5. The van der Waals surface area contributed by atoms with Gasteiger partial charge >= 0.3 is 0 Å². The van der Waals surface area contributed by atoms with Crippen molar-refractivity contribution in [2.75, 3.05) is 0 Å². The highest BCUT2D eigenvalue weighted by atomic mass is 15.1. The zero-order chi connectivity index (χ0) is 25.4. The molecule has 5 aromatic carbocycles. The third-order valence-corrected chi connectivity index (χ3v) is 7.10. The lowest BCUT2D eigenvalue weighted by molar-refractivity contribution is 1.15. The minimum atomic E-state index is 0.902. The van der Waals surface area contributed by atoms with Gasteiger partial charge in [0.05, 0.1) is 11.0 Å². The number of imidazole rings is 1. The van der Waals surface area contributed by atoms with Crippen LogP contribution in [-0.4, -0.2) is 9.55 Å². The van der Waals surface area contributed by atoms with Gasteiger partial charge in [-0.2, -0.15) is 0 Å². The average molecular weight is 477 g/mol. The monoisotopic (exact) mass is 476 g/mol. The van der Waals surface area contributed by atoms with Crippen LogP contribution in [0.15, 0.2) is 128 Å². The Morgan fingerprint density at radius 3 is 2.05 bits per heavy atom. The summed E-state index contributed by atoms with van der Waals surface area (Å²) in [6.07, 6.45) is 8.03. The zero-order valence-corrected chi connectivity index (χ0v) is 21.1. The summed E-state index contributed by atoms with van der Waals surface area (Å²) >= 11 is 0. The minimum absolute atomic E-state index is 0.902. The summed E-state index contributed by atoms with van der Waals surface area (Å²) in [5.41, 5.74) is 7.83. The zero-order valence-electron chi connectivity index (χ0n) is 21.1. The van der Waals surface area contributed by atoms with Crippen molar-refractivity contribution in [1.82, 2.24) is 9.55 Å². The van der Waals surface area contributed by atoms with Gasteiger partial charge in [-0.3, -0.25) is 4.57 Å². The second kappa shape index (κ2) is 9.40. The SMILES string of the molecule is C=C/C(=C\C=C/C)n1c(-c2cccc(-c3c4ccccc4c(C)c4ccccc34)c2)nc2ccccc21. The molecule has 0 fully saturated rings. The van der Waals surface area contributed by atoms with Crippen molar-refractivity contribution >= 4 is 38.3 Å². The van der Waals surface area contributed by atoms with Crippen LogP contribution in [0.4, 0.5) is 0 Å². The lowest BCUT2D eigenvalue weighted by atomic mass is 9.88. The first-order chi connectivity index (χ1) is 18.2. The highest BCUT2D eigenvalue weighted by Gasteiger charge is 2.17. The molecular weight excluding hydrogens is 448 g/mol. The Kier molecular flexibility index (Phi) is 5.78. The fourth-order valence-corrected chi connectivity index (χ4v) is 5.38. The fraction of sp³-hybridized carbons (Fsp3) is 0.0571. The van der Waals surface area contributed by atoms with E-state index in [0.29, 0.717) is 0 Å². The van der Waals surface area contributed by atoms with Crippen molar-refractivity contribution in [3.05, 3.63) is 134 Å². The van der Waals surface area contributed by atoms with Crippen LogP contribution in [0.1, 0.15) is 12.5 Å². The number of fused-ring (bicyclic) bond motifs is 3. The largest absolute Gasteiger partial charge is 0.292 e. The quantitative estimate of drug-likeness (QED) is 0.179. The number of aryl methyl sites for hydroxylation is 1. The molecule has 0 aliphatic heterocycles. The van der Waals surface area contributed by atoms with Crippen LogP contribution in [0.2, 0.25) is 0 Å². The Morgan fingerprint density at radius 1 is 0.757 bits per heavy atom. The summed E-state index contributed by atoms with van der Waals surface area (Å²) in [5.74, 6) is 0.902. The molecule has 0 N–H and O–H groups in total. The maximum absolute atomic E-state index is 5.08. The molecule has 1 heterocycles. The van der Waals surface area contributed by atoms with Gasteiger partial charge in [0.25, 0.3) is 0 Å². The second-order valence-electron chi connectivity index (χ2n) is 9.25. The van der Waals surface area contributed by atoms with E-state index in [4.69, 9.17) is 4.98 Å². The van der Waals surface area contributed by atoms with E-state index in [-0.39, 0.29) is 0 Å². The van der Waals surface area contributed by atoms with Gasteiger partial charge in [-0.25, -0.2) is 4.98 Å². The summed E-state index contributed by atoms with van der Waals surface area (Å²) in [5, 5.41) is 5.11. The standard InChI is InChI=1S/C35H28N2/c1-4-6-16-27(5-2)37-33-22-12-11-21-32(33)36-35(37)26-15-13-14-25(23-26)34-30-19-9-7-17-28(30)24(3)29-18-8-10-20-31(29)34/h4-23H,2H2,1,3H3/b6-4-,27-16+. The number of allylic oxidation sites excluding steroid dienone is 5. The van der Waals surface area contributed by atoms with Gasteiger partial charge in [0, 0.05) is 11.3 Å². The molecule has 178 valence electrons. The summed E-state index contributed by atoms with van der Waals surface area (Å²) in [6.45, 7) is 8.34. The molecule has 37 heavy (non-hydrogen) atoms. The number of para-hydroxylation sites is 2. The van der Waals surface area contributed by atoms with Gasteiger partial charge in [0.1, 0.15) is 5.82 Å². The van der Waals surface area contributed by atoms with Gasteiger partial charge in [0.15, 0.2) is 0 Å². The summed E-state index contributed by atoms with van der Waals surface area (Å²) in [4.78, 5) is 5.08. The molecule has 2 nitrogen and oxygen atoms in total. The third-order valence-electron chi connectivity index (χ3n) is 7.10. The van der Waals surface area contributed by atoms with Crippen LogP contribution in [0.3, 0.4) is 0 Å². The smallest absolute Gasteiger partial charge is 0.145 e. The van der Waals surface area contributed by atoms with E-state index in [1.54, 1.807) is 0 Å². The van der Waals surface area contributed by atoms with E-state index in [2.05, 4.69) is 115 Å². The average Bonchev–Trinajstić information content (AvgIpc) is 3.34. The number of aromatic nitrogens is 2. The first kappa shape index (κ1) is 22.8. The molecule has 6 aromatic rings. The lowest BCUT2D eigenvalue weighted by Gasteiger charge is -2.16. The van der Waals surface area contributed by atoms with E-state index in [1.807, 2.05) is 31.2 Å². The van der Waals surface area contributed by atoms with E-state index in [0.717, 1.165) is 28.1 Å². The van der Waals surface area contributed by atoms with Crippen LogP contribution < -0.4 is 0 Å². The molecular formula is C35H28N2. The molecule has 0 bridgehead atoms. The van der Waals surface area contributed by atoms with Crippen molar-refractivity contribution in [3.63, 3.8) is 0 Å². The van der Waals surface area contributed by atoms with E-state index >= 15 is 0 Å². The minimum Gasteiger partial charge on any atom is -0.292 e. The van der Waals surface area contributed by atoms with Gasteiger partial charge < -0.3 is 0 Å². The predicted octanol–water partition coefficient (Wildman–Crippen LogP) is 9.59. The predicted molar refractivity (Wildman–Crippen MR) is 160 cm³/mol. The van der Waals surface area contributed by atoms with Crippen molar-refractivity contribution in [2.45, 2.75) is 13.8 Å². The maximum Gasteiger partial charge on any atom is 0.145 e. The van der Waals surface area contributed by atoms with Gasteiger partial charge in [-0.15, -0.1) is 0 Å². The number of nitrogens with zero attached hydrogens (tertiary/aromatic N) is 2.